The summed E-state index contributed by atoms with van der Waals surface area (Å²) in [5, 5.41) is 11.1. The number of sulfone groups is 1. The molecule has 2 rings (SSSR count). The first-order valence-corrected chi connectivity index (χ1v) is 7.60. The van der Waals surface area contributed by atoms with Crippen molar-refractivity contribution in [3.05, 3.63) is 28.3 Å². The molecule has 1 saturated heterocycles. The molecule has 0 unspecified atom stereocenters. The second-order valence-corrected chi connectivity index (χ2v) is 6.29. The summed E-state index contributed by atoms with van der Waals surface area (Å²) < 4.78 is 28.1. The smallest absolute Gasteiger partial charge is 0.293 e. The summed E-state index contributed by atoms with van der Waals surface area (Å²) in [5.41, 5.74) is 0.241. The summed E-state index contributed by atoms with van der Waals surface area (Å²) in [6, 6.07) is 3.99. The fraction of sp³-hybridized carbons (Fsp3) is 0.455. The van der Waals surface area contributed by atoms with E-state index in [1.54, 1.807) is 0 Å². The Bertz CT molecular complexity index is 593. The summed E-state index contributed by atoms with van der Waals surface area (Å²) in [4.78, 5) is 12.3. The van der Waals surface area contributed by atoms with Crippen molar-refractivity contribution >= 4 is 21.2 Å². The summed E-state index contributed by atoms with van der Waals surface area (Å²) in [7, 11) is -3.45. The largest absolute Gasteiger partial charge is 0.378 e. The third-order valence-electron chi connectivity index (χ3n) is 2.92. The van der Waals surface area contributed by atoms with E-state index in [1.165, 1.54) is 12.1 Å². The molecule has 1 aliphatic rings. The molecule has 0 radical (unpaired) electrons. The Kier molecular flexibility index (Phi) is 3.72. The number of ether oxygens (including phenoxy) is 1. The highest BCUT2D eigenvalue weighted by atomic mass is 32.2. The van der Waals surface area contributed by atoms with E-state index >= 15 is 0 Å². The molecule has 0 aliphatic carbocycles. The summed E-state index contributed by atoms with van der Waals surface area (Å²) in [6.07, 6.45) is 1.03. The van der Waals surface area contributed by atoms with Crippen LogP contribution in [0.4, 0.5) is 11.4 Å². The Hall–Kier alpha value is -1.67. The Balaban J connectivity index is 2.46. The molecule has 7 nitrogen and oxygen atoms in total. The minimum Gasteiger partial charge on any atom is -0.378 e. The molecule has 0 bridgehead atoms. The number of anilines is 1. The fourth-order valence-corrected chi connectivity index (χ4v) is 2.59. The van der Waals surface area contributed by atoms with Crippen LogP contribution in [0.3, 0.4) is 0 Å². The predicted molar refractivity (Wildman–Crippen MR) is 69.2 cm³/mol. The maximum atomic E-state index is 11.4. The standard InChI is InChI=1S/C11H14N2O5S/c1-19(16,17)9-2-3-10(11(8-9)13(14)15)12-4-6-18-7-5-12/h2-3,8H,4-7H2,1H3. The van der Waals surface area contributed by atoms with E-state index in [1.807, 2.05) is 4.90 Å². The van der Waals surface area contributed by atoms with Crippen LogP contribution in [-0.2, 0) is 14.6 Å². The van der Waals surface area contributed by atoms with Gasteiger partial charge in [-0.15, -0.1) is 0 Å². The van der Waals surface area contributed by atoms with Gasteiger partial charge in [0.25, 0.3) is 5.69 Å². The van der Waals surface area contributed by atoms with Gasteiger partial charge in [-0.25, -0.2) is 8.42 Å². The van der Waals surface area contributed by atoms with Crippen molar-refractivity contribution in [2.24, 2.45) is 0 Å². The maximum Gasteiger partial charge on any atom is 0.293 e. The van der Waals surface area contributed by atoms with E-state index in [2.05, 4.69) is 0 Å². The van der Waals surface area contributed by atoms with Gasteiger partial charge >= 0.3 is 0 Å². The van der Waals surface area contributed by atoms with Gasteiger partial charge in [0, 0.05) is 25.4 Å². The van der Waals surface area contributed by atoms with Crippen LogP contribution in [0.2, 0.25) is 0 Å². The van der Waals surface area contributed by atoms with Crippen molar-refractivity contribution in [3.8, 4) is 0 Å². The molecule has 0 aromatic heterocycles. The first-order valence-electron chi connectivity index (χ1n) is 5.71. The molecule has 0 N–H and O–H groups in total. The minimum atomic E-state index is -3.45. The second-order valence-electron chi connectivity index (χ2n) is 4.28. The molecule has 104 valence electrons. The van der Waals surface area contributed by atoms with Gasteiger partial charge in [0.05, 0.1) is 23.0 Å². The Labute approximate surface area is 110 Å². The molecule has 1 aromatic rings. The summed E-state index contributed by atoms with van der Waals surface area (Å²) in [6.45, 7) is 2.12. The lowest BCUT2D eigenvalue weighted by Crippen LogP contribution is -2.36. The van der Waals surface area contributed by atoms with Crippen molar-refractivity contribution in [1.29, 1.82) is 0 Å². The maximum absolute atomic E-state index is 11.4. The molecule has 0 saturated carbocycles. The molecule has 0 spiro atoms. The molecular weight excluding hydrogens is 272 g/mol. The zero-order valence-corrected chi connectivity index (χ0v) is 11.2. The number of hydrogen-bond acceptors (Lipinski definition) is 6. The summed E-state index contributed by atoms with van der Waals surface area (Å²) in [5.74, 6) is 0. The number of morpholine rings is 1. The van der Waals surface area contributed by atoms with E-state index < -0.39 is 14.8 Å². The van der Waals surface area contributed by atoms with Gasteiger partial charge in [-0.3, -0.25) is 10.1 Å². The van der Waals surface area contributed by atoms with Crippen molar-refractivity contribution in [1.82, 2.24) is 0 Å². The average molecular weight is 286 g/mol. The number of nitro groups is 1. The lowest BCUT2D eigenvalue weighted by Gasteiger charge is -2.28. The molecule has 8 heteroatoms. The van der Waals surface area contributed by atoms with E-state index in [9.17, 15) is 18.5 Å². The quantitative estimate of drug-likeness (QED) is 0.604. The zero-order chi connectivity index (χ0) is 14.0. The number of hydrogen-bond donors (Lipinski definition) is 0. The lowest BCUT2D eigenvalue weighted by atomic mass is 10.2. The predicted octanol–water partition coefficient (Wildman–Crippen LogP) is 0.835. The van der Waals surface area contributed by atoms with E-state index in [0.717, 1.165) is 12.3 Å². The highest BCUT2D eigenvalue weighted by molar-refractivity contribution is 7.90. The molecule has 1 aliphatic heterocycles. The first-order chi connectivity index (χ1) is 8.89. The highest BCUT2D eigenvalue weighted by Crippen LogP contribution is 2.31. The van der Waals surface area contributed by atoms with Gasteiger partial charge < -0.3 is 9.64 Å². The van der Waals surface area contributed by atoms with Crippen LogP contribution < -0.4 is 4.90 Å². The number of nitro benzene ring substituents is 1. The SMILES string of the molecule is CS(=O)(=O)c1ccc(N2CCOCC2)c([N+](=O)[O-])c1. The van der Waals surface area contributed by atoms with Gasteiger partial charge in [0.2, 0.25) is 0 Å². The van der Waals surface area contributed by atoms with E-state index in [0.29, 0.717) is 32.0 Å². The van der Waals surface area contributed by atoms with E-state index in [-0.39, 0.29) is 10.6 Å². The van der Waals surface area contributed by atoms with Gasteiger partial charge in [0.15, 0.2) is 9.84 Å². The second kappa shape index (κ2) is 5.14. The van der Waals surface area contributed by atoms with Crippen molar-refractivity contribution < 1.29 is 18.1 Å². The normalized spacial score (nSPS) is 16.4. The third kappa shape index (κ3) is 3.02. The van der Waals surface area contributed by atoms with Crippen LogP contribution in [0.25, 0.3) is 0 Å². The number of benzene rings is 1. The topological polar surface area (TPSA) is 89.8 Å². The van der Waals surface area contributed by atoms with Crippen LogP contribution in [0.15, 0.2) is 23.1 Å². The molecule has 1 heterocycles. The van der Waals surface area contributed by atoms with Crippen molar-refractivity contribution in [2.75, 3.05) is 37.5 Å². The molecule has 19 heavy (non-hydrogen) atoms. The van der Waals surface area contributed by atoms with Crippen molar-refractivity contribution in [2.45, 2.75) is 4.90 Å². The highest BCUT2D eigenvalue weighted by Gasteiger charge is 2.23. The average Bonchev–Trinajstić information content (AvgIpc) is 2.38. The first kappa shape index (κ1) is 13.8. The molecule has 1 fully saturated rings. The zero-order valence-electron chi connectivity index (χ0n) is 10.4. The van der Waals surface area contributed by atoms with Gasteiger partial charge in [-0.2, -0.15) is 0 Å². The Morgan fingerprint density at radius 2 is 1.95 bits per heavy atom. The van der Waals surface area contributed by atoms with Crippen LogP contribution in [0.1, 0.15) is 0 Å². The van der Waals surface area contributed by atoms with Crippen LogP contribution in [0.5, 0.6) is 0 Å². The lowest BCUT2D eigenvalue weighted by molar-refractivity contribution is -0.384. The number of rotatable bonds is 3. The van der Waals surface area contributed by atoms with Gasteiger partial charge in [-0.1, -0.05) is 0 Å². The van der Waals surface area contributed by atoms with E-state index in [4.69, 9.17) is 4.74 Å². The van der Waals surface area contributed by atoms with Crippen LogP contribution in [-0.4, -0.2) is 45.9 Å². The molecule has 1 aromatic carbocycles. The molecular formula is C11H14N2O5S. The van der Waals surface area contributed by atoms with Crippen LogP contribution in [0, 0.1) is 10.1 Å². The Morgan fingerprint density at radius 3 is 2.47 bits per heavy atom. The summed E-state index contributed by atoms with van der Waals surface area (Å²) >= 11 is 0. The minimum absolute atomic E-state index is 0.0452. The Morgan fingerprint density at radius 1 is 1.32 bits per heavy atom. The van der Waals surface area contributed by atoms with Gasteiger partial charge in [-0.05, 0) is 12.1 Å². The number of nitrogens with zero attached hydrogens (tertiary/aromatic N) is 2. The molecule has 0 amide bonds. The van der Waals surface area contributed by atoms with Crippen molar-refractivity contribution in [3.63, 3.8) is 0 Å². The third-order valence-corrected chi connectivity index (χ3v) is 4.03. The monoisotopic (exact) mass is 286 g/mol. The van der Waals surface area contributed by atoms with Gasteiger partial charge in [0.1, 0.15) is 5.69 Å². The fourth-order valence-electron chi connectivity index (χ4n) is 1.95. The molecule has 0 atom stereocenters. The van der Waals surface area contributed by atoms with Crippen LogP contribution >= 0.6 is 0 Å².